The number of rotatable bonds is 18. The second kappa shape index (κ2) is 18.8. The lowest BCUT2D eigenvalue weighted by molar-refractivity contribution is -0.133. The Morgan fingerprint density at radius 1 is 0.955 bits per heavy atom. The molecule has 0 bridgehead atoms. The Labute approximate surface area is 259 Å². The molecule has 242 valence electrons. The molecular weight excluding hydrogens is 562 g/mol. The van der Waals surface area contributed by atoms with Crippen molar-refractivity contribution in [2.45, 2.75) is 89.8 Å². The molecule has 0 spiro atoms. The van der Waals surface area contributed by atoms with Crippen molar-refractivity contribution in [1.82, 2.24) is 30.8 Å². The predicted molar refractivity (Wildman–Crippen MR) is 167 cm³/mol. The van der Waals surface area contributed by atoms with E-state index in [2.05, 4.69) is 30.8 Å². The normalized spacial score (nSPS) is 14.8. The second-order valence-corrected chi connectivity index (χ2v) is 11.6. The van der Waals surface area contributed by atoms with Gasteiger partial charge in [0, 0.05) is 32.0 Å². The van der Waals surface area contributed by atoms with Crippen LogP contribution in [0.25, 0.3) is 0 Å². The summed E-state index contributed by atoms with van der Waals surface area (Å²) >= 11 is 0. The summed E-state index contributed by atoms with van der Waals surface area (Å²) in [4.78, 5) is 54.6. The first-order chi connectivity index (χ1) is 21.3. The van der Waals surface area contributed by atoms with Crippen LogP contribution in [-0.2, 0) is 38.6 Å². The highest BCUT2D eigenvalue weighted by Crippen LogP contribution is 2.25. The SMILES string of the molecule is Cc1nccn1CCCCc1ccc(CC(=O)N[C@@H](CO)C(=O)N[C@@H](CNC(=O)CN)C(=O)NCCC2CCCCC2)cc1. The van der Waals surface area contributed by atoms with E-state index < -0.39 is 42.3 Å². The van der Waals surface area contributed by atoms with Crippen molar-refractivity contribution in [3.63, 3.8) is 0 Å². The molecule has 4 amide bonds. The molecule has 3 rings (SSSR count). The van der Waals surface area contributed by atoms with Crippen molar-refractivity contribution in [2.75, 3.05) is 26.2 Å². The number of nitrogens with zero attached hydrogens (tertiary/aromatic N) is 2. The van der Waals surface area contributed by atoms with Crippen LogP contribution < -0.4 is 27.0 Å². The van der Waals surface area contributed by atoms with Crippen LogP contribution in [0.2, 0.25) is 0 Å². The molecule has 1 aliphatic carbocycles. The zero-order valence-electron chi connectivity index (χ0n) is 25.9. The van der Waals surface area contributed by atoms with Crippen molar-refractivity contribution >= 4 is 23.6 Å². The summed E-state index contributed by atoms with van der Waals surface area (Å²) in [5.74, 6) is -0.505. The molecule has 0 saturated heterocycles. The summed E-state index contributed by atoms with van der Waals surface area (Å²) in [7, 11) is 0. The van der Waals surface area contributed by atoms with Crippen LogP contribution in [0.1, 0.15) is 68.3 Å². The summed E-state index contributed by atoms with van der Waals surface area (Å²) < 4.78 is 2.13. The van der Waals surface area contributed by atoms with E-state index in [1.807, 2.05) is 37.4 Å². The number of nitrogens with one attached hydrogen (secondary N) is 4. The molecule has 0 radical (unpaired) electrons. The van der Waals surface area contributed by atoms with Crippen LogP contribution in [0.4, 0.5) is 0 Å². The lowest BCUT2D eigenvalue weighted by atomic mass is 9.87. The molecule has 2 atom stereocenters. The molecule has 1 aromatic carbocycles. The number of benzene rings is 1. The summed E-state index contributed by atoms with van der Waals surface area (Å²) in [5.41, 5.74) is 7.31. The number of aliphatic hydroxyl groups excluding tert-OH is 1. The van der Waals surface area contributed by atoms with Gasteiger partial charge in [-0.25, -0.2) is 4.98 Å². The van der Waals surface area contributed by atoms with E-state index >= 15 is 0 Å². The van der Waals surface area contributed by atoms with Gasteiger partial charge in [0.2, 0.25) is 23.6 Å². The highest BCUT2D eigenvalue weighted by Gasteiger charge is 2.27. The Morgan fingerprint density at radius 2 is 1.68 bits per heavy atom. The first-order valence-electron chi connectivity index (χ1n) is 15.8. The molecule has 1 fully saturated rings. The zero-order chi connectivity index (χ0) is 31.7. The van der Waals surface area contributed by atoms with Crippen molar-refractivity contribution in [2.24, 2.45) is 11.7 Å². The van der Waals surface area contributed by atoms with Crippen LogP contribution in [0.5, 0.6) is 0 Å². The lowest BCUT2D eigenvalue weighted by Gasteiger charge is -2.24. The van der Waals surface area contributed by atoms with Gasteiger partial charge in [0.05, 0.1) is 19.6 Å². The monoisotopic (exact) mass is 611 g/mol. The summed E-state index contributed by atoms with van der Waals surface area (Å²) in [6.07, 6.45) is 13.6. The fourth-order valence-electron chi connectivity index (χ4n) is 5.47. The molecule has 0 aliphatic heterocycles. The maximum Gasteiger partial charge on any atom is 0.245 e. The molecule has 7 N–H and O–H groups in total. The number of nitrogens with two attached hydrogens (primary N) is 1. The van der Waals surface area contributed by atoms with E-state index in [-0.39, 0.29) is 19.5 Å². The van der Waals surface area contributed by atoms with E-state index in [9.17, 15) is 24.3 Å². The third-order valence-electron chi connectivity index (χ3n) is 8.16. The number of unbranched alkanes of at least 4 members (excludes halogenated alkanes) is 1. The number of carbonyl (C=O) groups is 4. The molecule has 12 heteroatoms. The molecule has 1 aromatic heterocycles. The lowest BCUT2D eigenvalue weighted by Crippen LogP contribution is -2.58. The number of aryl methyl sites for hydroxylation is 3. The van der Waals surface area contributed by atoms with Crippen molar-refractivity contribution < 1.29 is 24.3 Å². The molecule has 1 heterocycles. The van der Waals surface area contributed by atoms with Gasteiger partial charge < -0.3 is 36.7 Å². The van der Waals surface area contributed by atoms with Crippen LogP contribution in [0.3, 0.4) is 0 Å². The molecule has 2 aromatic rings. The molecule has 44 heavy (non-hydrogen) atoms. The Balaban J connectivity index is 1.45. The van der Waals surface area contributed by atoms with E-state index in [1.54, 1.807) is 6.20 Å². The maximum atomic E-state index is 13.0. The number of carbonyl (C=O) groups excluding carboxylic acids is 4. The van der Waals surface area contributed by atoms with E-state index in [0.717, 1.165) is 56.5 Å². The fraction of sp³-hybridized carbons (Fsp3) is 0.594. The molecule has 1 saturated carbocycles. The van der Waals surface area contributed by atoms with Crippen molar-refractivity contribution in [1.29, 1.82) is 0 Å². The molecular formula is C32H49N7O5. The Kier molecular flexibility index (Phi) is 14.8. The highest BCUT2D eigenvalue weighted by atomic mass is 16.3. The number of aliphatic hydroxyl groups is 1. The maximum absolute atomic E-state index is 13.0. The third-order valence-corrected chi connectivity index (χ3v) is 8.16. The Bertz CT molecular complexity index is 1190. The van der Waals surface area contributed by atoms with Gasteiger partial charge in [-0.2, -0.15) is 0 Å². The topological polar surface area (TPSA) is 180 Å². The summed E-state index contributed by atoms with van der Waals surface area (Å²) in [6, 6.07) is 5.41. The van der Waals surface area contributed by atoms with Gasteiger partial charge in [0.1, 0.15) is 17.9 Å². The minimum Gasteiger partial charge on any atom is -0.394 e. The van der Waals surface area contributed by atoms with Crippen molar-refractivity contribution in [3.8, 4) is 0 Å². The smallest absolute Gasteiger partial charge is 0.245 e. The molecule has 0 unspecified atom stereocenters. The van der Waals surface area contributed by atoms with Gasteiger partial charge in [-0.3, -0.25) is 19.2 Å². The summed E-state index contributed by atoms with van der Waals surface area (Å²) in [6.45, 7) is 2.30. The number of imidazole rings is 1. The number of aromatic nitrogens is 2. The first kappa shape index (κ1) is 34.7. The first-order valence-corrected chi connectivity index (χ1v) is 15.8. The van der Waals surface area contributed by atoms with E-state index in [4.69, 9.17) is 5.73 Å². The van der Waals surface area contributed by atoms with E-state index in [0.29, 0.717) is 12.5 Å². The van der Waals surface area contributed by atoms with Gasteiger partial charge >= 0.3 is 0 Å². The zero-order valence-corrected chi connectivity index (χ0v) is 25.9. The highest BCUT2D eigenvalue weighted by molar-refractivity contribution is 5.93. The summed E-state index contributed by atoms with van der Waals surface area (Å²) in [5, 5.41) is 20.3. The minimum atomic E-state index is -1.26. The second-order valence-electron chi connectivity index (χ2n) is 11.6. The fourth-order valence-corrected chi connectivity index (χ4v) is 5.47. The van der Waals surface area contributed by atoms with Gasteiger partial charge in [-0.15, -0.1) is 0 Å². The number of amides is 4. The van der Waals surface area contributed by atoms with Crippen LogP contribution in [0.15, 0.2) is 36.7 Å². The quantitative estimate of drug-likeness (QED) is 0.135. The number of hydrogen-bond acceptors (Lipinski definition) is 7. The van der Waals surface area contributed by atoms with Gasteiger partial charge in [-0.1, -0.05) is 56.4 Å². The molecule has 12 nitrogen and oxygen atoms in total. The van der Waals surface area contributed by atoms with Gasteiger partial charge in [0.25, 0.3) is 0 Å². The standard InChI is InChI=1S/C32H49N7O5/c1-23-34-16-18-39(23)17-6-5-9-25-10-12-26(13-11-25)19-29(41)37-28(22-40)32(44)38-27(21-36-30(42)20-33)31(43)35-15-14-24-7-3-2-4-8-24/h10-13,16,18,24,27-28,40H,2-9,14-15,17,19-22,33H2,1H3,(H,35,43)(H,36,42)(H,37,41)(H,38,44)/t27-,28-/m0/s1. The van der Waals surface area contributed by atoms with Crippen LogP contribution in [0, 0.1) is 12.8 Å². The number of hydrogen-bond donors (Lipinski definition) is 6. The Hall–Kier alpha value is -3.77. The van der Waals surface area contributed by atoms with Gasteiger partial charge in [-0.05, 0) is 49.7 Å². The largest absolute Gasteiger partial charge is 0.394 e. The third kappa shape index (κ3) is 12.1. The van der Waals surface area contributed by atoms with Gasteiger partial charge in [0.15, 0.2) is 0 Å². The average molecular weight is 612 g/mol. The Morgan fingerprint density at radius 3 is 2.34 bits per heavy atom. The van der Waals surface area contributed by atoms with Crippen LogP contribution in [-0.4, -0.2) is 76.6 Å². The predicted octanol–water partition coefficient (Wildman–Crippen LogP) is 0.880. The average Bonchev–Trinajstić information content (AvgIpc) is 3.45. The molecule has 1 aliphatic rings. The van der Waals surface area contributed by atoms with E-state index in [1.165, 1.54) is 24.8 Å². The van der Waals surface area contributed by atoms with Crippen molar-refractivity contribution in [3.05, 3.63) is 53.6 Å². The van der Waals surface area contributed by atoms with Crippen LogP contribution >= 0.6 is 0 Å². The minimum absolute atomic E-state index is 0.0294.